The first-order chi connectivity index (χ1) is 10.6. The van der Waals surface area contributed by atoms with E-state index in [2.05, 4.69) is 38.4 Å². The van der Waals surface area contributed by atoms with Gasteiger partial charge in [0.25, 0.3) is 0 Å². The first kappa shape index (κ1) is 14.8. The van der Waals surface area contributed by atoms with Gasteiger partial charge >= 0.3 is 0 Å². The van der Waals surface area contributed by atoms with E-state index in [4.69, 9.17) is 4.74 Å². The summed E-state index contributed by atoms with van der Waals surface area (Å²) in [5.74, 6) is 1.21. The van der Waals surface area contributed by atoms with E-state index in [1.165, 1.54) is 5.56 Å². The highest BCUT2D eigenvalue weighted by molar-refractivity contribution is 5.29. The lowest BCUT2D eigenvalue weighted by atomic mass is 10.2. The molecule has 0 spiro atoms. The minimum atomic E-state index is 0.365. The van der Waals surface area contributed by atoms with Crippen molar-refractivity contribution in [3.63, 3.8) is 0 Å². The zero-order chi connectivity index (χ0) is 15.5. The topological polar surface area (TPSA) is 68.1 Å². The Hall–Kier alpha value is -2.15. The molecule has 0 radical (unpaired) electrons. The number of nitrogens with one attached hydrogen (secondary N) is 1. The first-order valence-corrected chi connectivity index (χ1v) is 7.49. The average molecular weight is 302 g/mol. The average Bonchev–Trinajstić information content (AvgIpc) is 3.06. The van der Waals surface area contributed by atoms with Gasteiger partial charge in [-0.05, 0) is 13.3 Å². The Morgan fingerprint density at radius 1 is 1.45 bits per heavy atom. The van der Waals surface area contributed by atoms with Crippen molar-refractivity contribution in [2.24, 2.45) is 7.05 Å². The monoisotopic (exact) mass is 302 g/mol. The van der Waals surface area contributed by atoms with Gasteiger partial charge in [-0.2, -0.15) is 10.1 Å². The van der Waals surface area contributed by atoms with Crippen LogP contribution in [-0.2, 0) is 13.6 Å². The van der Waals surface area contributed by atoms with Crippen LogP contribution in [0.2, 0.25) is 0 Å². The van der Waals surface area contributed by atoms with Gasteiger partial charge in [-0.1, -0.05) is 0 Å². The maximum absolute atomic E-state index is 5.12. The molecule has 1 atom stereocenters. The number of hydrogen-bond donors (Lipinski definition) is 1. The van der Waals surface area contributed by atoms with Crippen molar-refractivity contribution in [1.82, 2.24) is 24.6 Å². The highest BCUT2D eigenvalue weighted by Crippen LogP contribution is 2.18. The fourth-order valence-corrected chi connectivity index (χ4v) is 2.85. The second-order valence-corrected chi connectivity index (χ2v) is 5.70. The van der Waals surface area contributed by atoms with Crippen LogP contribution in [-0.4, -0.2) is 50.9 Å². The Morgan fingerprint density at radius 2 is 2.32 bits per heavy atom. The van der Waals surface area contributed by atoms with E-state index in [9.17, 15) is 0 Å². The molecule has 2 aromatic heterocycles. The van der Waals surface area contributed by atoms with Crippen LogP contribution < -0.4 is 10.1 Å². The Balaban J connectivity index is 1.56. The van der Waals surface area contributed by atoms with Crippen molar-refractivity contribution in [1.29, 1.82) is 0 Å². The third kappa shape index (κ3) is 3.36. The SMILES string of the molecule is COc1ccnc(NC2CCN(Cc3cn(C)nc3C)C2)n1. The number of aromatic nitrogens is 4. The third-order valence-electron chi connectivity index (χ3n) is 3.95. The molecule has 0 aromatic carbocycles. The van der Waals surface area contributed by atoms with Crippen molar-refractivity contribution in [2.45, 2.75) is 25.9 Å². The maximum atomic E-state index is 5.12. The summed E-state index contributed by atoms with van der Waals surface area (Å²) >= 11 is 0. The molecule has 1 N–H and O–H groups in total. The van der Waals surface area contributed by atoms with Gasteiger partial charge in [0.2, 0.25) is 11.8 Å². The van der Waals surface area contributed by atoms with Crippen molar-refractivity contribution < 1.29 is 4.74 Å². The van der Waals surface area contributed by atoms with E-state index in [1.807, 2.05) is 11.7 Å². The summed E-state index contributed by atoms with van der Waals surface area (Å²) in [4.78, 5) is 11.0. The maximum Gasteiger partial charge on any atom is 0.226 e. The standard InChI is InChI=1S/C15H22N6O/c1-11-12(8-20(2)19-11)9-21-7-5-13(10-21)17-15-16-6-4-14(18-15)22-3/h4,6,8,13H,5,7,9-10H2,1-3H3,(H,16,17,18). The fraction of sp³-hybridized carbons (Fsp3) is 0.533. The number of ether oxygens (including phenoxy) is 1. The lowest BCUT2D eigenvalue weighted by Crippen LogP contribution is -2.26. The second-order valence-electron chi connectivity index (χ2n) is 5.70. The van der Waals surface area contributed by atoms with Crippen LogP contribution in [0.5, 0.6) is 5.88 Å². The zero-order valence-corrected chi connectivity index (χ0v) is 13.3. The molecule has 1 unspecified atom stereocenters. The number of anilines is 1. The molecule has 2 aromatic rings. The molecule has 3 heterocycles. The molecule has 118 valence electrons. The first-order valence-electron chi connectivity index (χ1n) is 7.49. The predicted octanol–water partition coefficient (Wildman–Crippen LogP) is 1.21. The van der Waals surface area contributed by atoms with Crippen LogP contribution in [0.25, 0.3) is 0 Å². The Bertz CT molecular complexity index is 641. The van der Waals surface area contributed by atoms with Gasteiger partial charge < -0.3 is 10.1 Å². The van der Waals surface area contributed by atoms with Crippen LogP contribution in [0.3, 0.4) is 0 Å². The molecule has 1 saturated heterocycles. The highest BCUT2D eigenvalue weighted by atomic mass is 16.5. The zero-order valence-electron chi connectivity index (χ0n) is 13.3. The molecule has 3 rings (SSSR count). The van der Waals surface area contributed by atoms with Crippen LogP contribution in [0.4, 0.5) is 5.95 Å². The molecule has 0 amide bonds. The van der Waals surface area contributed by atoms with Crippen LogP contribution in [0.15, 0.2) is 18.5 Å². The van der Waals surface area contributed by atoms with Crippen LogP contribution >= 0.6 is 0 Å². The second kappa shape index (κ2) is 6.31. The summed E-state index contributed by atoms with van der Waals surface area (Å²) < 4.78 is 7.00. The quantitative estimate of drug-likeness (QED) is 0.895. The lowest BCUT2D eigenvalue weighted by Gasteiger charge is -2.16. The summed E-state index contributed by atoms with van der Waals surface area (Å²) in [6.07, 6.45) is 4.89. The van der Waals surface area contributed by atoms with E-state index in [0.717, 1.165) is 31.7 Å². The Labute approximate surface area is 130 Å². The molecule has 1 aliphatic heterocycles. The third-order valence-corrected chi connectivity index (χ3v) is 3.95. The number of likely N-dealkylation sites (tertiary alicyclic amines) is 1. The summed E-state index contributed by atoms with van der Waals surface area (Å²) in [6, 6.07) is 2.11. The van der Waals surface area contributed by atoms with Gasteiger partial charge in [0.1, 0.15) is 0 Å². The number of rotatable bonds is 5. The molecule has 1 aliphatic rings. The minimum Gasteiger partial charge on any atom is -0.481 e. The molecule has 22 heavy (non-hydrogen) atoms. The van der Waals surface area contributed by atoms with Crippen molar-refractivity contribution in [3.8, 4) is 5.88 Å². The largest absolute Gasteiger partial charge is 0.481 e. The van der Waals surface area contributed by atoms with E-state index >= 15 is 0 Å². The van der Waals surface area contributed by atoms with Crippen LogP contribution in [0, 0.1) is 6.92 Å². The normalized spacial score (nSPS) is 18.6. The Kier molecular flexibility index (Phi) is 4.24. The van der Waals surface area contributed by atoms with Gasteiger partial charge in [-0.15, -0.1) is 0 Å². The van der Waals surface area contributed by atoms with Gasteiger partial charge in [-0.25, -0.2) is 4.98 Å². The Morgan fingerprint density at radius 3 is 3.05 bits per heavy atom. The molecular weight excluding hydrogens is 280 g/mol. The molecule has 1 fully saturated rings. The van der Waals surface area contributed by atoms with Gasteiger partial charge in [0.15, 0.2) is 0 Å². The highest BCUT2D eigenvalue weighted by Gasteiger charge is 2.23. The molecule has 7 nitrogen and oxygen atoms in total. The predicted molar refractivity (Wildman–Crippen MR) is 83.8 cm³/mol. The van der Waals surface area contributed by atoms with E-state index in [1.54, 1.807) is 19.4 Å². The number of hydrogen-bond acceptors (Lipinski definition) is 6. The van der Waals surface area contributed by atoms with Crippen molar-refractivity contribution in [2.75, 3.05) is 25.5 Å². The molecule has 0 bridgehead atoms. The number of methoxy groups -OCH3 is 1. The molecule has 7 heteroatoms. The van der Waals surface area contributed by atoms with Gasteiger partial charge in [0.05, 0.1) is 12.8 Å². The number of aryl methyl sites for hydroxylation is 2. The van der Waals surface area contributed by atoms with E-state index in [-0.39, 0.29) is 0 Å². The molecule has 0 aliphatic carbocycles. The molecule has 0 saturated carbocycles. The van der Waals surface area contributed by atoms with Gasteiger partial charge in [0, 0.05) is 56.7 Å². The van der Waals surface area contributed by atoms with Gasteiger partial charge in [-0.3, -0.25) is 9.58 Å². The molecular formula is C15H22N6O. The summed E-state index contributed by atoms with van der Waals surface area (Å²) in [7, 11) is 3.57. The van der Waals surface area contributed by atoms with E-state index < -0.39 is 0 Å². The minimum absolute atomic E-state index is 0.365. The van der Waals surface area contributed by atoms with E-state index in [0.29, 0.717) is 17.9 Å². The summed E-state index contributed by atoms with van der Waals surface area (Å²) in [5, 5.41) is 7.79. The fourth-order valence-electron chi connectivity index (χ4n) is 2.85. The smallest absolute Gasteiger partial charge is 0.226 e. The van der Waals surface area contributed by atoms with Crippen molar-refractivity contribution >= 4 is 5.95 Å². The number of nitrogens with zero attached hydrogens (tertiary/aromatic N) is 5. The van der Waals surface area contributed by atoms with Crippen molar-refractivity contribution in [3.05, 3.63) is 29.7 Å². The van der Waals surface area contributed by atoms with Crippen LogP contribution in [0.1, 0.15) is 17.7 Å². The summed E-state index contributed by atoms with van der Waals surface area (Å²) in [6.45, 7) is 5.05. The lowest BCUT2D eigenvalue weighted by molar-refractivity contribution is 0.328. The summed E-state index contributed by atoms with van der Waals surface area (Å²) in [5.41, 5.74) is 2.40.